The van der Waals surface area contributed by atoms with E-state index in [4.69, 9.17) is 11.6 Å². The summed E-state index contributed by atoms with van der Waals surface area (Å²) >= 11 is 7.32. The second-order valence-electron chi connectivity index (χ2n) is 5.45. The zero-order valence-corrected chi connectivity index (χ0v) is 16.7. The van der Waals surface area contributed by atoms with Crippen molar-refractivity contribution in [2.45, 2.75) is 17.6 Å². The molecule has 2 amide bonds. The Labute approximate surface area is 169 Å². The molecule has 2 aromatic carbocycles. The number of benzene rings is 2. The Balaban J connectivity index is 1.82. The van der Waals surface area contributed by atoms with Crippen LogP contribution in [0.3, 0.4) is 0 Å². The predicted octanol–water partition coefficient (Wildman–Crippen LogP) is 5.27. The van der Waals surface area contributed by atoms with E-state index in [1.807, 2.05) is 19.1 Å². The first-order chi connectivity index (χ1) is 12.8. The minimum absolute atomic E-state index is 0.00656. The van der Waals surface area contributed by atoms with Gasteiger partial charge in [-0.2, -0.15) is 8.78 Å². The van der Waals surface area contributed by atoms with Crippen LogP contribution in [0.2, 0.25) is 5.02 Å². The van der Waals surface area contributed by atoms with Crippen LogP contribution in [0.4, 0.5) is 20.2 Å². The smallest absolute Gasteiger partial charge is 0.289 e. The summed E-state index contributed by atoms with van der Waals surface area (Å²) < 4.78 is 25.3. The average molecular weight is 431 g/mol. The van der Waals surface area contributed by atoms with Crippen molar-refractivity contribution in [3.63, 3.8) is 0 Å². The van der Waals surface area contributed by atoms with Gasteiger partial charge in [0.15, 0.2) is 0 Å². The Kier molecular flexibility index (Phi) is 8.40. The molecular formula is C18H17ClF2N2O2S2. The molecule has 0 atom stereocenters. The highest BCUT2D eigenvalue weighted by Gasteiger charge is 2.15. The van der Waals surface area contributed by atoms with Crippen molar-refractivity contribution in [3.8, 4) is 0 Å². The number of aryl methyl sites for hydroxylation is 1. The summed E-state index contributed by atoms with van der Waals surface area (Å²) in [5.74, 6) is -3.18. The molecule has 0 aliphatic rings. The highest BCUT2D eigenvalue weighted by molar-refractivity contribution is 8.00. The number of rotatable bonds is 8. The maximum absolute atomic E-state index is 12.7. The van der Waals surface area contributed by atoms with Crippen LogP contribution in [-0.2, 0) is 9.59 Å². The van der Waals surface area contributed by atoms with Crippen molar-refractivity contribution < 1.29 is 18.4 Å². The second-order valence-corrected chi connectivity index (χ2v) is 7.84. The van der Waals surface area contributed by atoms with Gasteiger partial charge in [-0.25, -0.2) is 0 Å². The monoisotopic (exact) mass is 430 g/mol. The Hall–Kier alpha value is -1.77. The molecule has 0 bridgehead atoms. The highest BCUT2D eigenvalue weighted by Crippen LogP contribution is 2.37. The first kappa shape index (κ1) is 21.5. The van der Waals surface area contributed by atoms with Gasteiger partial charge in [0.05, 0.1) is 27.1 Å². The van der Waals surface area contributed by atoms with E-state index in [1.54, 1.807) is 18.2 Å². The largest absolute Gasteiger partial charge is 0.325 e. The van der Waals surface area contributed by atoms with Gasteiger partial charge >= 0.3 is 0 Å². The summed E-state index contributed by atoms with van der Waals surface area (Å²) in [5.41, 5.74) is 2.00. The van der Waals surface area contributed by atoms with E-state index >= 15 is 0 Å². The van der Waals surface area contributed by atoms with Crippen LogP contribution in [-0.4, -0.2) is 29.1 Å². The molecule has 4 nitrogen and oxygen atoms in total. The summed E-state index contributed by atoms with van der Waals surface area (Å²) in [6.45, 7) is 1.95. The first-order valence-electron chi connectivity index (χ1n) is 7.82. The van der Waals surface area contributed by atoms with Gasteiger partial charge in [0.25, 0.3) is 5.76 Å². The number of alkyl halides is 2. The lowest BCUT2D eigenvalue weighted by Crippen LogP contribution is -2.18. The fraction of sp³-hybridized carbons (Fsp3) is 0.222. The van der Waals surface area contributed by atoms with Crippen LogP contribution >= 0.6 is 35.1 Å². The fourth-order valence-electron chi connectivity index (χ4n) is 2.07. The number of carbonyl (C=O) groups is 2. The van der Waals surface area contributed by atoms with Crippen LogP contribution in [0.25, 0.3) is 0 Å². The van der Waals surface area contributed by atoms with E-state index in [0.717, 1.165) is 17.3 Å². The van der Waals surface area contributed by atoms with Crippen molar-refractivity contribution in [1.29, 1.82) is 0 Å². The van der Waals surface area contributed by atoms with Gasteiger partial charge in [-0.3, -0.25) is 9.59 Å². The number of nitrogens with one attached hydrogen (secondary N) is 2. The molecule has 27 heavy (non-hydrogen) atoms. The van der Waals surface area contributed by atoms with Crippen molar-refractivity contribution in [1.82, 2.24) is 0 Å². The maximum atomic E-state index is 12.7. The normalized spacial score (nSPS) is 10.7. The van der Waals surface area contributed by atoms with Crippen LogP contribution < -0.4 is 10.6 Å². The predicted molar refractivity (Wildman–Crippen MR) is 109 cm³/mol. The molecule has 2 aromatic rings. The fourth-order valence-corrected chi connectivity index (χ4v) is 3.60. The van der Waals surface area contributed by atoms with Crippen LogP contribution in [0.15, 0.2) is 47.4 Å². The molecular weight excluding hydrogens is 414 g/mol. The number of anilines is 2. The van der Waals surface area contributed by atoms with Crippen molar-refractivity contribution in [2.75, 3.05) is 22.1 Å². The Bertz CT molecular complexity index is 804. The minimum Gasteiger partial charge on any atom is -0.325 e. The van der Waals surface area contributed by atoms with Gasteiger partial charge in [0.1, 0.15) is 0 Å². The SMILES string of the molecule is Cc1ccc(NC(=O)CSCC(=O)Nc2cccc(Cl)c2SC(F)F)cc1. The summed E-state index contributed by atoms with van der Waals surface area (Å²) in [5, 5.41) is 5.43. The van der Waals surface area contributed by atoms with Crippen molar-refractivity contribution in [2.24, 2.45) is 0 Å². The number of thioether (sulfide) groups is 2. The molecule has 0 aliphatic carbocycles. The molecule has 0 fully saturated rings. The molecule has 0 saturated heterocycles. The topological polar surface area (TPSA) is 58.2 Å². The molecule has 0 unspecified atom stereocenters. The zero-order chi connectivity index (χ0) is 19.8. The van der Waals surface area contributed by atoms with E-state index in [1.165, 1.54) is 12.1 Å². The third-order valence-corrected chi connectivity index (χ3v) is 5.46. The van der Waals surface area contributed by atoms with E-state index in [9.17, 15) is 18.4 Å². The van der Waals surface area contributed by atoms with Crippen LogP contribution in [0, 0.1) is 6.92 Å². The second kappa shape index (κ2) is 10.5. The summed E-state index contributed by atoms with van der Waals surface area (Å²) in [4.78, 5) is 24.0. The summed E-state index contributed by atoms with van der Waals surface area (Å²) in [6.07, 6.45) is 0. The third kappa shape index (κ3) is 7.40. The van der Waals surface area contributed by atoms with E-state index in [-0.39, 0.29) is 44.8 Å². The standard InChI is InChI=1S/C18H17ClF2N2O2S2/c1-11-5-7-12(8-6-11)22-15(24)9-26-10-16(25)23-14-4-2-3-13(19)17(14)27-18(20)21/h2-8,18H,9-10H2,1H3,(H,22,24)(H,23,25). The lowest BCUT2D eigenvalue weighted by molar-refractivity contribution is -0.114. The molecule has 0 aliphatic heterocycles. The Morgan fingerprint density at radius 3 is 2.30 bits per heavy atom. The number of hydrogen-bond acceptors (Lipinski definition) is 4. The molecule has 0 heterocycles. The number of carbonyl (C=O) groups excluding carboxylic acids is 2. The molecule has 9 heteroatoms. The lowest BCUT2D eigenvalue weighted by Gasteiger charge is -2.12. The molecule has 144 valence electrons. The van der Waals surface area contributed by atoms with Gasteiger partial charge in [0, 0.05) is 5.69 Å². The number of hydrogen-bond donors (Lipinski definition) is 2. The average Bonchev–Trinajstić information content (AvgIpc) is 2.60. The molecule has 2 rings (SSSR count). The first-order valence-corrected chi connectivity index (χ1v) is 10.2. The van der Waals surface area contributed by atoms with E-state index < -0.39 is 11.7 Å². The van der Waals surface area contributed by atoms with Crippen LogP contribution in [0.1, 0.15) is 5.56 Å². The molecule has 0 aromatic heterocycles. The summed E-state index contributed by atoms with van der Waals surface area (Å²) in [6, 6.07) is 11.9. The van der Waals surface area contributed by atoms with Crippen molar-refractivity contribution >= 4 is 58.3 Å². The van der Waals surface area contributed by atoms with E-state index in [2.05, 4.69) is 10.6 Å². The molecule has 0 saturated carbocycles. The molecule has 0 spiro atoms. The van der Waals surface area contributed by atoms with Gasteiger partial charge < -0.3 is 10.6 Å². The minimum atomic E-state index is -2.65. The van der Waals surface area contributed by atoms with Crippen molar-refractivity contribution in [3.05, 3.63) is 53.1 Å². The van der Waals surface area contributed by atoms with Gasteiger partial charge in [-0.15, -0.1) is 11.8 Å². The maximum Gasteiger partial charge on any atom is 0.289 e. The molecule has 0 radical (unpaired) electrons. The summed E-state index contributed by atoms with van der Waals surface area (Å²) in [7, 11) is 0. The van der Waals surface area contributed by atoms with Gasteiger partial charge in [0.2, 0.25) is 11.8 Å². The number of amides is 2. The zero-order valence-electron chi connectivity index (χ0n) is 14.3. The van der Waals surface area contributed by atoms with Gasteiger partial charge in [-0.1, -0.05) is 47.1 Å². The van der Waals surface area contributed by atoms with Gasteiger partial charge in [-0.05, 0) is 31.2 Å². The van der Waals surface area contributed by atoms with Crippen LogP contribution in [0.5, 0.6) is 0 Å². The molecule has 2 N–H and O–H groups in total. The Morgan fingerprint density at radius 2 is 1.67 bits per heavy atom. The quantitative estimate of drug-likeness (QED) is 0.560. The number of halogens is 3. The van der Waals surface area contributed by atoms with E-state index in [0.29, 0.717) is 5.69 Å². The highest BCUT2D eigenvalue weighted by atomic mass is 35.5. The lowest BCUT2D eigenvalue weighted by atomic mass is 10.2. The Morgan fingerprint density at radius 1 is 1.04 bits per heavy atom. The third-order valence-electron chi connectivity index (χ3n) is 3.25.